The third kappa shape index (κ3) is 3.73. The highest BCUT2D eigenvalue weighted by atomic mass is 32.1. The summed E-state index contributed by atoms with van der Waals surface area (Å²) >= 11 is 1.39. The van der Waals surface area contributed by atoms with Crippen molar-refractivity contribution in [2.45, 2.75) is 20.0 Å². The van der Waals surface area contributed by atoms with Gasteiger partial charge in [-0.15, -0.1) is 0 Å². The van der Waals surface area contributed by atoms with Crippen LogP contribution in [0.3, 0.4) is 0 Å². The Morgan fingerprint density at radius 3 is 2.54 bits per heavy atom. The molecule has 7 heteroatoms. The molecule has 0 saturated carbocycles. The average molecular weight is 346 g/mol. The molecule has 2 aromatic rings. The Hall–Kier alpha value is -1.99. The number of aryl methyl sites for hydroxylation is 1. The predicted molar refractivity (Wildman–Crippen MR) is 94.6 cm³/mol. The molecule has 1 aromatic heterocycles. The molecule has 3 rings (SSSR count). The van der Waals surface area contributed by atoms with Crippen LogP contribution < -0.4 is 4.90 Å². The Balaban J connectivity index is 1.58. The number of methoxy groups -OCH3 is 1. The normalized spacial score (nSPS) is 14.9. The van der Waals surface area contributed by atoms with E-state index < -0.39 is 0 Å². The molecule has 128 valence electrons. The van der Waals surface area contributed by atoms with Gasteiger partial charge >= 0.3 is 0 Å². The molecule has 1 amide bonds. The number of piperazine rings is 1. The largest absolute Gasteiger partial charge is 0.377 e. The second-order valence-corrected chi connectivity index (χ2v) is 6.49. The highest BCUT2D eigenvalue weighted by molar-refractivity contribution is 7.09. The lowest BCUT2D eigenvalue weighted by Crippen LogP contribution is -2.48. The fraction of sp³-hybridized carbons (Fsp3) is 0.471. The predicted octanol–water partition coefficient (Wildman–Crippen LogP) is 2.21. The fourth-order valence-corrected chi connectivity index (χ4v) is 3.45. The minimum Gasteiger partial charge on any atom is -0.377 e. The minimum atomic E-state index is 0.106. The number of amides is 1. The molecule has 0 bridgehead atoms. The first-order valence-corrected chi connectivity index (χ1v) is 8.93. The molecule has 1 saturated heterocycles. The highest BCUT2D eigenvalue weighted by Crippen LogP contribution is 2.20. The lowest BCUT2D eigenvalue weighted by atomic mass is 10.1. The third-order valence-electron chi connectivity index (χ3n) is 4.18. The van der Waals surface area contributed by atoms with Crippen LogP contribution in [0.15, 0.2) is 24.3 Å². The van der Waals surface area contributed by atoms with Crippen LogP contribution in [0.5, 0.6) is 0 Å². The number of carbonyl (C=O) groups excluding carboxylic acids is 1. The van der Waals surface area contributed by atoms with E-state index in [9.17, 15) is 4.79 Å². The van der Waals surface area contributed by atoms with Gasteiger partial charge in [0.2, 0.25) is 5.13 Å². The molecule has 0 spiro atoms. The van der Waals surface area contributed by atoms with Crippen LogP contribution >= 0.6 is 11.5 Å². The number of aromatic nitrogens is 2. The zero-order chi connectivity index (χ0) is 16.9. The lowest BCUT2D eigenvalue weighted by molar-refractivity contribution is 0.0746. The number of carbonyl (C=O) groups is 1. The van der Waals surface area contributed by atoms with Gasteiger partial charge in [0.25, 0.3) is 5.91 Å². The number of nitrogens with zero attached hydrogens (tertiary/aromatic N) is 4. The van der Waals surface area contributed by atoms with Gasteiger partial charge in [-0.25, -0.2) is 4.98 Å². The lowest BCUT2D eigenvalue weighted by Gasteiger charge is -2.34. The zero-order valence-corrected chi connectivity index (χ0v) is 14.9. The number of hydrogen-bond donors (Lipinski definition) is 0. The second-order valence-electron chi connectivity index (χ2n) is 5.76. The summed E-state index contributed by atoms with van der Waals surface area (Å²) < 4.78 is 9.34. The first-order chi connectivity index (χ1) is 11.7. The van der Waals surface area contributed by atoms with Crippen LogP contribution in [0.1, 0.15) is 28.7 Å². The summed E-state index contributed by atoms with van der Waals surface area (Å²) in [7, 11) is 1.64. The number of anilines is 1. The van der Waals surface area contributed by atoms with Crippen molar-refractivity contribution < 1.29 is 9.53 Å². The van der Waals surface area contributed by atoms with Crippen molar-refractivity contribution in [2.75, 3.05) is 38.2 Å². The Morgan fingerprint density at radius 2 is 1.92 bits per heavy atom. The van der Waals surface area contributed by atoms with E-state index in [1.54, 1.807) is 7.11 Å². The van der Waals surface area contributed by atoms with E-state index in [2.05, 4.69) is 21.2 Å². The molecule has 1 aliphatic rings. The molecule has 2 heterocycles. The second kappa shape index (κ2) is 7.72. The molecule has 0 radical (unpaired) electrons. The number of benzene rings is 1. The Labute approximate surface area is 146 Å². The Morgan fingerprint density at radius 1 is 1.21 bits per heavy atom. The minimum absolute atomic E-state index is 0.106. The molecule has 0 N–H and O–H groups in total. The van der Waals surface area contributed by atoms with Crippen LogP contribution in [-0.2, 0) is 17.8 Å². The number of rotatable bonds is 5. The average Bonchev–Trinajstić information content (AvgIpc) is 3.10. The summed E-state index contributed by atoms with van der Waals surface area (Å²) in [5.74, 6) is 0.821. The van der Waals surface area contributed by atoms with Gasteiger partial charge in [0.15, 0.2) is 5.82 Å². The van der Waals surface area contributed by atoms with E-state index in [-0.39, 0.29) is 5.91 Å². The number of ether oxygens (including phenoxy) is 1. The van der Waals surface area contributed by atoms with E-state index in [0.29, 0.717) is 25.5 Å². The van der Waals surface area contributed by atoms with Crippen molar-refractivity contribution in [3.63, 3.8) is 0 Å². The van der Waals surface area contributed by atoms with Crippen LogP contribution in [0.4, 0.5) is 5.13 Å². The van der Waals surface area contributed by atoms with E-state index in [0.717, 1.165) is 30.2 Å². The van der Waals surface area contributed by atoms with Gasteiger partial charge in [0.05, 0.1) is 0 Å². The summed E-state index contributed by atoms with van der Waals surface area (Å²) in [6.45, 7) is 5.51. The summed E-state index contributed by atoms with van der Waals surface area (Å²) in [6.07, 6.45) is 0.986. The standard InChI is InChI=1S/C17H22N4O2S/c1-3-13-4-6-14(7-5-13)16(22)20-8-10-21(11-9-20)17-18-15(12-23-2)19-24-17/h4-7H,3,8-12H2,1-2H3. The number of hydrogen-bond acceptors (Lipinski definition) is 6. The highest BCUT2D eigenvalue weighted by Gasteiger charge is 2.24. The molecular formula is C17H22N4O2S. The molecule has 0 aliphatic carbocycles. The van der Waals surface area contributed by atoms with Gasteiger partial charge in [-0.2, -0.15) is 4.37 Å². The van der Waals surface area contributed by atoms with Crippen LogP contribution in [0.2, 0.25) is 0 Å². The quantitative estimate of drug-likeness (QED) is 0.831. The van der Waals surface area contributed by atoms with Gasteiger partial charge < -0.3 is 14.5 Å². The summed E-state index contributed by atoms with van der Waals surface area (Å²) in [5, 5.41) is 0.904. The Bertz CT molecular complexity index is 678. The van der Waals surface area contributed by atoms with E-state index in [4.69, 9.17) is 4.74 Å². The van der Waals surface area contributed by atoms with Gasteiger partial charge in [-0.1, -0.05) is 19.1 Å². The van der Waals surface area contributed by atoms with Crippen molar-refractivity contribution in [3.05, 3.63) is 41.2 Å². The van der Waals surface area contributed by atoms with Crippen molar-refractivity contribution in [1.82, 2.24) is 14.3 Å². The van der Waals surface area contributed by atoms with E-state index in [1.807, 2.05) is 29.2 Å². The fourth-order valence-electron chi connectivity index (χ4n) is 2.73. The maximum absolute atomic E-state index is 12.6. The maximum atomic E-state index is 12.6. The first kappa shape index (κ1) is 16.9. The van der Waals surface area contributed by atoms with Gasteiger partial charge in [0, 0.05) is 50.4 Å². The molecule has 0 unspecified atom stereocenters. The maximum Gasteiger partial charge on any atom is 0.253 e. The summed E-state index contributed by atoms with van der Waals surface area (Å²) in [5.41, 5.74) is 2.01. The smallest absolute Gasteiger partial charge is 0.253 e. The van der Waals surface area contributed by atoms with Crippen LogP contribution in [0.25, 0.3) is 0 Å². The molecule has 1 aliphatic heterocycles. The summed E-state index contributed by atoms with van der Waals surface area (Å²) in [4.78, 5) is 21.2. The summed E-state index contributed by atoms with van der Waals surface area (Å²) in [6, 6.07) is 7.91. The Kier molecular flexibility index (Phi) is 5.42. The monoisotopic (exact) mass is 346 g/mol. The van der Waals surface area contributed by atoms with Gasteiger partial charge in [-0.3, -0.25) is 4.79 Å². The van der Waals surface area contributed by atoms with Gasteiger partial charge in [0.1, 0.15) is 6.61 Å². The molecule has 1 fully saturated rings. The van der Waals surface area contributed by atoms with Gasteiger partial charge in [-0.05, 0) is 24.1 Å². The molecule has 24 heavy (non-hydrogen) atoms. The van der Waals surface area contributed by atoms with Crippen molar-refractivity contribution in [2.24, 2.45) is 0 Å². The van der Waals surface area contributed by atoms with Crippen molar-refractivity contribution in [3.8, 4) is 0 Å². The van der Waals surface area contributed by atoms with Crippen LogP contribution in [0, 0.1) is 0 Å². The van der Waals surface area contributed by atoms with Crippen LogP contribution in [-0.4, -0.2) is 53.5 Å². The SMILES string of the molecule is CCc1ccc(C(=O)N2CCN(c3nc(COC)ns3)CC2)cc1. The van der Waals surface area contributed by atoms with E-state index >= 15 is 0 Å². The van der Waals surface area contributed by atoms with E-state index in [1.165, 1.54) is 17.1 Å². The molecule has 1 aromatic carbocycles. The van der Waals surface area contributed by atoms with Crippen molar-refractivity contribution >= 4 is 22.6 Å². The first-order valence-electron chi connectivity index (χ1n) is 8.16. The van der Waals surface area contributed by atoms with Crippen molar-refractivity contribution in [1.29, 1.82) is 0 Å². The third-order valence-corrected chi connectivity index (χ3v) is 4.99. The topological polar surface area (TPSA) is 58.6 Å². The zero-order valence-electron chi connectivity index (χ0n) is 14.1. The molecule has 0 atom stereocenters. The molecular weight excluding hydrogens is 324 g/mol. The molecule has 6 nitrogen and oxygen atoms in total.